The Labute approximate surface area is 188 Å². The fourth-order valence-corrected chi connectivity index (χ4v) is 4.43. The minimum Gasteiger partial charge on any atom is -0.309 e. The van der Waals surface area contributed by atoms with Crippen molar-refractivity contribution < 1.29 is 14.6 Å². The maximum Gasteiger partial charge on any atom is 0.277 e. The first-order chi connectivity index (χ1) is 15.1. The SMILES string of the molecule is Cc1cc(C)c2sc(N(CCCN(C)C)C(=O)c3cc([N+](=O)[O-])cc([N+](=O)[O-])c3)nc2c1. The van der Waals surface area contributed by atoms with E-state index in [-0.39, 0.29) is 5.56 Å². The number of anilines is 1. The van der Waals surface area contributed by atoms with Crippen molar-refractivity contribution in [3.05, 3.63) is 67.3 Å². The molecule has 0 aliphatic carbocycles. The van der Waals surface area contributed by atoms with Gasteiger partial charge in [-0.3, -0.25) is 29.9 Å². The molecule has 0 bridgehead atoms. The summed E-state index contributed by atoms with van der Waals surface area (Å²) in [5.41, 5.74) is 1.71. The summed E-state index contributed by atoms with van der Waals surface area (Å²) in [6.45, 7) is 4.96. The van der Waals surface area contributed by atoms with E-state index in [9.17, 15) is 25.0 Å². The van der Waals surface area contributed by atoms with Gasteiger partial charge in [-0.25, -0.2) is 4.98 Å². The minimum atomic E-state index is -0.746. The van der Waals surface area contributed by atoms with Gasteiger partial charge in [0.25, 0.3) is 17.3 Å². The van der Waals surface area contributed by atoms with Crippen LogP contribution in [0, 0.1) is 34.1 Å². The Balaban J connectivity index is 2.08. The fourth-order valence-electron chi connectivity index (χ4n) is 3.39. The number of aromatic nitrogens is 1. The van der Waals surface area contributed by atoms with Crippen LogP contribution in [-0.2, 0) is 0 Å². The van der Waals surface area contributed by atoms with Gasteiger partial charge in [0.05, 0.1) is 31.7 Å². The van der Waals surface area contributed by atoms with Crippen LogP contribution >= 0.6 is 11.3 Å². The number of fused-ring (bicyclic) bond motifs is 1. The van der Waals surface area contributed by atoms with E-state index in [0.29, 0.717) is 24.6 Å². The molecular weight excluding hydrogens is 434 g/mol. The van der Waals surface area contributed by atoms with Gasteiger partial charge in [0.2, 0.25) is 0 Å². The Bertz CT molecular complexity index is 1170. The van der Waals surface area contributed by atoms with Crippen LogP contribution in [0.2, 0.25) is 0 Å². The summed E-state index contributed by atoms with van der Waals surface area (Å²) in [5.74, 6) is -0.566. The lowest BCUT2D eigenvalue weighted by molar-refractivity contribution is -0.394. The highest BCUT2D eigenvalue weighted by Crippen LogP contribution is 2.33. The summed E-state index contributed by atoms with van der Waals surface area (Å²) >= 11 is 1.36. The number of hydrogen-bond acceptors (Lipinski definition) is 8. The van der Waals surface area contributed by atoms with Gasteiger partial charge in [0.1, 0.15) is 0 Å². The number of hydrogen-bond donors (Lipinski definition) is 0. The van der Waals surface area contributed by atoms with Gasteiger partial charge < -0.3 is 4.90 Å². The van der Waals surface area contributed by atoms with Gasteiger partial charge in [-0.15, -0.1) is 0 Å². The molecule has 1 aromatic heterocycles. The van der Waals surface area contributed by atoms with Crippen molar-refractivity contribution in [3.63, 3.8) is 0 Å². The van der Waals surface area contributed by atoms with E-state index >= 15 is 0 Å². The highest BCUT2D eigenvalue weighted by molar-refractivity contribution is 7.22. The van der Waals surface area contributed by atoms with Crippen LogP contribution in [-0.4, -0.2) is 52.8 Å². The van der Waals surface area contributed by atoms with E-state index in [1.54, 1.807) is 0 Å². The quantitative estimate of drug-likeness (QED) is 0.364. The normalized spacial score (nSPS) is 11.2. The lowest BCUT2D eigenvalue weighted by Gasteiger charge is -2.21. The maximum atomic E-state index is 13.4. The highest BCUT2D eigenvalue weighted by Gasteiger charge is 2.26. The number of nitrogens with zero attached hydrogens (tertiary/aromatic N) is 5. The molecule has 0 aliphatic rings. The molecule has 0 fully saturated rings. The standard InChI is InChI=1S/C21H23N5O5S/c1-13-8-14(2)19-18(9-13)22-21(32-19)24(7-5-6-23(3)4)20(27)15-10-16(25(28)29)12-17(11-15)26(30)31/h8-12H,5-7H2,1-4H3. The van der Waals surface area contributed by atoms with E-state index in [4.69, 9.17) is 0 Å². The summed E-state index contributed by atoms with van der Waals surface area (Å²) in [7, 11) is 3.83. The highest BCUT2D eigenvalue weighted by atomic mass is 32.1. The first kappa shape index (κ1) is 23.2. The molecule has 10 nitrogen and oxygen atoms in total. The second kappa shape index (κ2) is 9.37. The molecule has 0 radical (unpaired) electrons. The van der Waals surface area contributed by atoms with Gasteiger partial charge >= 0.3 is 0 Å². The zero-order valence-corrected chi connectivity index (χ0v) is 19.0. The zero-order valence-electron chi connectivity index (χ0n) is 18.2. The molecule has 0 saturated heterocycles. The number of amides is 1. The molecule has 3 rings (SSSR count). The molecule has 0 spiro atoms. The summed E-state index contributed by atoms with van der Waals surface area (Å²) in [6.07, 6.45) is 0.629. The second-order valence-corrected chi connectivity index (χ2v) is 8.77. The number of carbonyl (C=O) groups is 1. The first-order valence-electron chi connectivity index (χ1n) is 9.85. The van der Waals surface area contributed by atoms with Crippen LogP contribution in [0.15, 0.2) is 30.3 Å². The minimum absolute atomic E-state index is 0.122. The third kappa shape index (κ3) is 5.06. The number of thiazole rings is 1. The third-order valence-electron chi connectivity index (χ3n) is 4.84. The van der Waals surface area contributed by atoms with E-state index in [0.717, 1.165) is 39.5 Å². The Morgan fingerprint density at radius 1 is 1.00 bits per heavy atom. The van der Waals surface area contributed by atoms with Crippen molar-refractivity contribution in [3.8, 4) is 0 Å². The average Bonchev–Trinajstić information content (AvgIpc) is 3.14. The monoisotopic (exact) mass is 457 g/mol. The van der Waals surface area contributed by atoms with Gasteiger partial charge in [0.15, 0.2) is 5.13 Å². The van der Waals surface area contributed by atoms with Gasteiger partial charge in [-0.1, -0.05) is 17.4 Å². The number of benzene rings is 2. The Kier molecular flexibility index (Phi) is 6.80. The van der Waals surface area contributed by atoms with E-state index in [1.165, 1.54) is 16.2 Å². The number of nitro groups is 2. The lowest BCUT2D eigenvalue weighted by Crippen LogP contribution is -2.33. The molecule has 32 heavy (non-hydrogen) atoms. The molecular formula is C21H23N5O5S. The van der Waals surface area contributed by atoms with Crippen LogP contribution in [0.1, 0.15) is 27.9 Å². The van der Waals surface area contributed by atoms with Crippen LogP contribution in [0.5, 0.6) is 0 Å². The average molecular weight is 458 g/mol. The predicted molar refractivity (Wildman–Crippen MR) is 124 cm³/mol. The molecule has 1 amide bonds. The van der Waals surface area contributed by atoms with Crippen molar-refractivity contribution in [2.45, 2.75) is 20.3 Å². The summed E-state index contributed by atoms with van der Waals surface area (Å²) < 4.78 is 0.945. The number of nitro benzene ring substituents is 2. The molecule has 0 atom stereocenters. The van der Waals surface area contributed by atoms with Crippen molar-refractivity contribution in [1.82, 2.24) is 9.88 Å². The number of rotatable bonds is 8. The van der Waals surface area contributed by atoms with Crippen molar-refractivity contribution >= 4 is 44.0 Å². The number of carbonyl (C=O) groups excluding carboxylic acids is 1. The topological polar surface area (TPSA) is 123 Å². The molecule has 3 aromatic rings. The van der Waals surface area contributed by atoms with Crippen LogP contribution in [0.3, 0.4) is 0 Å². The summed E-state index contributed by atoms with van der Waals surface area (Å²) in [6, 6.07) is 6.94. The number of non-ortho nitro benzene ring substituents is 2. The fraction of sp³-hybridized carbons (Fsp3) is 0.333. The largest absolute Gasteiger partial charge is 0.309 e. The molecule has 2 aromatic carbocycles. The van der Waals surface area contributed by atoms with E-state index in [2.05, 4.69) is 4.98 Å². The van der Waals surface area contributed by atoms with E-state index in [1.807, 2.05) is 45.0 Å². The van der Waals surface area contributed by atoms with E-state index < -0.39 is 27.1 Å². The van der Waals surface area contributed by atoms with Gasteiger partial charge in [-0.2, -0.15) is 0 Å². The Morgan fingerprint density at radius 3 is 2.19 bits per heavy atom. The van der Waals surface area contributed by atoms with Gasteiger partial charge in [0, 0.05) is 18.7 Å². The van der Waals surface area contributed by atoms with Crippen molar-refractivity contribution in [2.75, 3.05) is 32.1 Å². The van der Waals surface area contributed by atoms with Crippen LogP contribution < -0.4 is 4.90 Å². The molecule has 0 unspecified atom stereocenters. The number of aryl methyl sites for hydroxylation is 2. The van der Waals surface area contributed by atoms with Gasteiger partial charge in [-0.05, 0) is 58.1 Å². The summed E-state index contributed by atoms with van der Waals surface area (Å²) in [4.78, 5) is 42.5. The van der Waals surface area contributed by atoms with Crippen LogP contribution in [0.25, 0.3) is 10.2 Å². The second-order valence-electron chi connectivity index (χ2n) is 7.79. The molecule has 0 N–H and O–H groups in total. The molecule has 0 aliphatic heterocycles. The molecule has 11 heteroatoms. The maximum absolute atomic E-state index is 13.4. The first-order valence-corrected chi connectivity index (χ1v) is 10.7. The smallest absolute Gasteiger partial charge is 0.277 e. The lowest BCUT2D eigenvalue weighted by atomic mass is 10.1. The Hall–Kier alpha value is -3.44. The van der Waals surface area contributed by atoms with Crippen molar-refractivity contribution in [1.29, 1.82) is 0 Å². The Morgan fingerprint density at radius 2 is 1.62 bits per heavy atom. The van der Waals surface area contributed by atoms with Crippen LogP contribution in [0.4, 0.5) is 16.5 Å². The zero-order chi connectivity index (χ0) is 23.6. The third-order valence-corrected chi connectivity index (χ3v) is 6.07. The van der Waals surface area contributed by atoms with Crippen molar-refractivity contribution in [2.24, 2.45) is 0 Å². The molecule has 168 valence electrons. The molecule has 1 heterocycles. The molecule has 0 saturated carbocycles. The summed E-state index contributed by atoms with van der Waals surface area (Å²) in [5, 5.41) is 23.0. The predicted octanol–water partition coefficient (Wildman–Crippen LogP) is 4.33.